The van der Waals surface area contributed by atoms with Crippen molar-refractivity contribution >= 4 is 5.91 Å². The molecule has 3 rings (SSSR count). The summed E-state index contributed by atoms with van der Waals surface area (Å²) >= 11 is 0. The lowest BCUT2D eigenvalue weighted by Gasteiger charge is -2.45. The van der Waals surface area contributed by atoms with Crippen molar-refractivity contribution in [2.24, 2.45) is 5.41 Å². The third kappa shape index (κ3) is 3.64. The molecule has 0 unspecified atom stereocenters. The first kappa shape index (κ1) is 18.5. The Labute approximate surface area is 154 Å². The van der Waals surface area contributed by atoms with Crippen LogP contribution in [0, 0.1) is 19.3 Å². The average Bonchev–Trinajstić information content (AvgIpc) is 2.64. The molecule has 1 fully saturated rings. The fourth-order valence-electron chi connectivity index (χ4n) is 3.79. The van der Waals surface area contributed by atoms with Gasteiger partial charge in [0.1, 0.15) is 0 Å². The second kappa shape index (κ2) is 7.56. The van der Waals surface area contributed by atoms with Crippen LogP contribution in [0.1, 0.15) is 33.7 Å². The van der Waals surface area contributed by atoms with E-state index in [1.54, 1.807) is 4.90 Å². The Balaban J connectivity index is 1.85. The summed E-state index contributed by atoms with van der Waals surface area (Å²) in [6.45, 7) is 4.37. The summed E-state index contributed by atoms with van der Waals surface area (Å²) in [7, 11) is 0. The Morgan fingerprint density at radius 1 is 1.23 bits per heavy atom. The van der Waals surface area contributed by atoms with Crippen molar-refractivity contribution in [1.82, 2.24) is 9.88 Å². The molecule has 0 bridgehead atoms. The Kier molecular flexibility index (Phi) is 5.39. The molecule has 138 valence electrons. The summed E-state index contributed by atoms with van der Waals surface area (Å²) in [5.41, 5.74) is 2.46. The summed E-state index contributed by atoms with van der Waals surface area (Å²) < 4.78 is 0. The van der Waals surface area contributed by atoms with Crippen LogP contribution in [0.4, 0.5) is 0 Å². The van der Waals surface area contributed by atoms with Gasteiger partial charge in [-0.1, -0.05) is 30.3 Å². The van der Waals surface area contributed by atoms with Crippen LogP contribution in [0.25, 0.3) is 0 Å². The van der Waals surface area contributed by atoms with Gasteiger partial charge in [-0.15, -0.1) is 0 Å². The maximum Gasteiger partial charge on any atom is 0.255 e. The van der Waals surface area contributed by atoms with Crippen LogP contribution in [0.5, 0.6) is 0 Å². The molecule has 0 radical (unpaired) electrons. The van der Waals surface area contributed by atoms with E-state index in [4.69, 9.17) is 0 Å². The minimum atomic E-state index is -0.749. The molecule has 2 N–H and O–H groups in total. The number of aliphatic hydroxyl groups is 2. The Morgan fingerprint density at radius 2 is 1.96 bits per heavy atom. The zero-order chi connectivity index (χ0) is 18.7. The third-order valence-electron chi connectivity index (χ3n) is 5.34. The van der Waals surface area contributed by atoms with Crippen molar-refractivity contribution < 1.29 is 15.0 Å². The summed E-state index contributed by atoms with van der Waals surface area (Å²) in [6.07, 6.45) is 0.340. The molecule has 5 nitrogen and oxygen atoms in total. The van der Waals surface area contributed by atoms with E-state index in [-0.39, 0.29) is 12.5 Å². The molecular formula is C21H26N2O3. The highest BCUT2D eigenvalue weighted by Gasteiger charge is 2.44. The number of hydrogen-bond acceptors (Lipinski definition) is 4. The molecule has 5 heteroatoms. The number of pyridine rings is 1. The van der Waals surface area contributed by atoms with Crippen molar-refractivity contribution in [1.29, 1.82) is 0 Å². The molecule has 1 amide bonds. The molecule has 1 aromatic heterocycles. The number of nitrogens with zero attached hydrogens (tertiary/aromatic N) is 2. The molecule has 1 aliphatic rings. The first-order valence-electron chi connectivity index (χ1n) is 9.01. The van der Waals surface area contributed by atoms with E-state index < -0.39 is 11.5 Å². The van der Waals surface area contributed by atoms with Gasteiger partial charge in [0, 0.05) is 24.2 Å². The van der Waals surface area contributed by atoms with Crippen molar-refractivity contribution in [3.05, 3.63) is 65.0 Å². The van der Waals surface area contributed by atoms with Gasteiger partial charge < -0.3 is 15.1 Å². The molecule has 1 aliphatic heterocycles. The van der Waals surface area contributed by atoms with Gasteiger partial charge in [-0.2, -0.15) is 0 Å². The summed E-state index contributed by atoms with van der Waals surface area (Å²) in [5.74, 6) is -0.0900. The van der Waals surface area contributed by atoms with E-state index in [2.05, 4.69) is 4.98 Å². The lowest BCUT2D eigenvalue weighted by Crippen LogP contribution is -2.56. The topological polar surface area (TPSA) is 73.7 Å². The lowest BCUT2D eigenvalue weighted by atomic mass is 9.73. The van der Waals surface area contributed by atoms with E-state index >= 15 is 0 Å². The second-order valence-electron chi connectivity index (χ2n) is 7.30. The third-order valence-corrected chi connectivity index (χ3v) is 5.34. The zero-order valence-corrected chi connectivity index (χ0v) is 15.4. The number of carbonyl (C=O) groups is 1. The minimum Gasteiger partial charge on any atom is -0.396 e. The van der Waals surface area contributed by atoms with Crippen molar-refractivity contribution in [2.75, 3.05) is 19.7 Å². The maximum atomic E-state index is 13.0. The molecule has 26 heavy (non-hydrogen) atoms. The van der Waals surface area contributed by atoms with E-state index in [1.807, 2.05) is 56.3 Å². The molecule has 1 saturated heterocycles. The number of aromatic nitrogens is 1. The summed E-state index contributed by atoms with van der Waals surface area (Å²) in [6, 6.07) is 13.4. The number of amides is 1. The predicted octanol–water partition coefficient (Wildman–Crippen LogP) is 2.13. The molecule has 1 aromatic carbocycles. The fraction of sp³-hybridized carbons (Fsp3) is 0.429. The number of likely N-dealkylation sites (tertiary alicyclic amines) is 1. The summed E-state index contributed by atoms with van der Waals surface area (Å²) in [5, 5.41) is 20.8. The Hall–Kier alpha value is -2.24. The molecule has 2 atom stereocenters. The first-order chi connectivity index (χ1) is 12.4. The van der Waals surface area contributed by atoms with E-state index in [9.17, 15) is 15.0 Å². The normalized spacial score (nSPS) is 23.1. The molecule has 0 saturated carbocycles. The van der Waals surface area contributed by atoms with Gasteiger partial charge in [0.15, 0.2) is 0 Å². The SMILES string of the molecule is Cc1ccc(C(=O)N2CC[C@H](O)[C@](CO)(Cc3ccccc3)C2)c(C)n1. The molecule has 2 heterocycles. The number of piperidine rings is 1. The Bertz CT molecular complexity index is 778. The van der Waals surface area contributed by atoms with Crippen molar-refractivity contribution in [2.45, 2.75) is 32.8 Å². The molecule has 0 spiro atoms. The number of aliphatic hydroxyl groups excluding tert-OH is 2. The number of hydrogen-bond donors (Lipinski definition) is 2. The predicted molar refractivity (Wildman–Crippen MR) is 99.9 cm³/mol. The fourth-order valence-corrected chi connectivity index (χ4v) is 3.79. The van der Waals surface area contributed by atoms with Gasteiger partial charge in [0.25, 0.3) is 5.91 Å². The van der Waals surface area contributed by atoms with Crippen molar-refractivity contribution in [3.8, 4) is 0 Å². The van der Waals surface area contributed by atoms with Crippen LogP contribution in [0.3, 0.4) is 0 Å². The zero-order valence-electron chi connectivity index (χ0n) is 15.4. The van der Waals surface area contributed by atoms with E-state index in [0.717, 1.165) is 11.3 Å². The highest BCUT2D eigenvalue weighted by atomic mass is 16.3. The largest absolute Gasteiger partial charge is 0.396 e. The standard InChI is InChI=1S/C21H26N2O3/c1-15-8-9-18(16(2)22-15)20(26)23-11-10-19(25)21(13-23,14-24)12-17-6-4-3-5-7-17/h3-9,19,24-25H,10-14H2,1-2H3/t19-,21+/m0/s1. The van der Waals surface area contributed by atoms with Crippen LogP contribution in [-0.2, 0) is 6.42 Å². The summed E-state index contributed by atoms with van der Waals surface area (Å²) in [4.78, 5) is 19.1. The van der Waals surface area contributed by atoms with Crippen LogP contribution in [-0.4, -0.2) is 51.8 Å². The lowest BCUT2D eigenvalue weighted by molar-refractivity contribution is -0.0668. The van der Waals surface area contributed by atoms with Gasteiger partial charge in [-0.25, -0.2) is 0 Å². The van der Waals surface area contributed by atoms with E-state index in [1.165, 1.54) is 0 Å². The number of rotatable bonds is 4. The number of aryl methyl sites for hydroxylation is 2. The van der Waals surface area contributed by atoms with Crippen LogP contribution < -0.4 is 0 Å². The number of benzene rings is 1. The maximum absolute atomic E-state index is 13.0. The molecule has 2 aromatic rings. The first-order valence-corrected chi connectivity index (χ1v) is 9.01. The van der Waals surface area contributed by atoms with E-state index in [0.29, 0.717) is 37.2 Å². The Morgan fingerprint density at radius 3 is 2.62 bits per heavy atom. The average molecular weight is 354 g/mol. The van der Waals surface area contributed by atoms with Gasteiger partial charge >= 0.3 is 0 Å². The number of carbonyl (C=O) groups excluding carboxylic acids is 1. The highest BCUT2D eigenvalue weighted by Crippen LogP contribution is 2.34. The van der Waals surface area contributed by atoms with Gasteiger partial charge in [0.2, 0.25) is 0 Å². The smallest absolute Gasteiger partial charge is 0.255 e. The van der Waals surface area contributed by atoms with Crippen molar-refractivity contribution in [3.63, 3.8) is 0 Å². The van der Waals surface area contributed by atoms with Crippen LogP contribution >= 0.6 is 0 Å². The quantitative estimate of drug-likeness (QED) is 0.882. The minimum absolute atomic E-state index is 0.0900. The second-order valence-corrected chi connectivity index (χ2v) is 7.30. The highest BCUT2D eigenvalue weighted by molar-refractivity contribution is 5.95. The monoisotopic (exact) mass is 354 g/mol. The van der Waals surface area contributed by atoms with Gasteiger partial charge in [0.05, 0.1) is 24.0 Å². The molecule has 0 aliphatic carbocycles. The van der Waals surface area contributed by atoms with Crippen LogP contribution in [0.15, 0.2) is 42.5 Å². The van der Waals surface area contributed by atoms with Crippen LogP contribution in [0.2, 0.25) is 0 Å². The van der Waals surface area contributed by atoms with Gasteiger partial charge in [-0.3, -0.25) is 9.78 Å². The molecular weight excluding hydrogens is 328 g/mol. The van der Waals surface area contributed by atoms with Gasteiger partial charge in [-0.05, 0) is 44.4 Å².